The fraction of sp³-hybridized carbons (Fsp3) is 0.600. The summed E-state index contributed by atoms with van der Waals surface area (Å²) in [4.78, 5) is 2.24. The second-order valence-electron chi connectivity index (χ2n) is 5.57. The molecule has 0 fully saturated rings. The van der Waals surface area contributed by atoms with Gasteiger partial charge in [-0.25, -0.2) is 4.39 Å². The Bertz CT molecular complexity index is 409. The van der Waals surface area contributed by atoms with Crippen molar-refractivity contribution in [1.82, 2.24) is 4.90 Å². The second-order valence-corrected chi connectivity index (χ2v) is 6.42. The van der Waals surface area contributed by atoms with Crippen molar-refractivity contribution in [3.63, 3.8) is 0 Å². The number of nitrogens with two attached hydrogens (primary N) is 1. The Hall–Kier alpha value is -0.450. The van der Waals surface area contributed by atoms with Gasteiger partial charge < -0.3 is 5.73 Å². The molecule has 2 nitrogen and oxygen atoms in total. The minimum absolute atomic E-state index is 0.0522. The number of halogens is 2. The van der Waals surface area contributed by atoms with Crippen LogP contribution in [-0.2, 0) is 0 Å². The molecule has 0 spiro atoms. The third-order valence-electron chi connectivity index (χ3n) is 3.55. The molecule has 1 aromatic rings. The van der Waals surface area contributed by atoms with Gasteiger partial charge in [0.15, 0.2) is 0 Å². The van der Waals surface area contributed by atoms with Crippen LogP contribution in [0.15, 0.2) is 22.7 Å². The topological polar surface area (TPSA) is 29.3 Å². The lowest BCUT2D eigenvalue weighted by molar-refractivity contribution is 0.168. The minimum atomic E-state index is -0.235. The van der Waals surface area contributed by atoms with E-state index >= 15 is 0 Å². The zero-order valence-corrected chi connectivity index (χ0v) is 13.7. The average molecular weight is 331 g/mol. The van der Waals surface area contributed by atoms with E-state index in [9.17, 15) is 4.39 Å². The van der Waals surface area contributed by atoms with Crippen LogP contribution in [0.2, 0.25) is 0 Å². The highest BCUT2D eigenvalue weighted by atomic mass is 79.9. The summed E-state index contributed by atoms with van der Waals surface area (Å²) in [6, 6.07) is 5.72. The van der Waals surface area contributed by atoms with E-state index in [0.29, 0.717) is 23.0 Å². The molecule has 0 aromatic heterocycles. The van der Waals surface area contributed by atoms with Crippen LogP contribution in [0.1, 0.15) is 38.8 Å². The van der Waals surface area contributed by atoms with Gasteiger partial charge in [-0.3, -0.25) is 4.90 Å². The molecule has 0 amide bonds. The normalized spacial score (nSPS) is 15.0. The quantitative estimate of drug-likeness (QED) is 0.855. The molecule has 2 atom stereocenters. The summed E-state index contributed by atoms with van der Waals surface area (Å²) in [6.45, 7) is 7.10. The first-order valence-electron chi connectivity index (χ1n) is 6.73. The van der Waals surface area contributed by atoms with Gasteiger partial charge in [0.25, 0.3) is 0 Å². The predicted molar refractivity (Wildman–Crippen MR) is 82.6 cm³/mol. The SMILES string of the molecule is CC(C)CC(C)N(C)C(CN)c1ccc(Br)c(F)c1. The average Bonchev–Trinajstić information content (AvgIpc) is 2.33. The molecule has 0 aliphatic carbocycles. The van der Waals surface area contributed by atoms with E-state index in [1.165, 1.54) is 0 Å². The summed E-state index contributed by atoms with van der Waals surface area (Å²) in [5.41, 5.74) is 6.82. The van der Waals surface area contributed by atoms with Crippen molar-refractivity contribution in [3.8, 4) is 0 Å². The van der Waals surface area contributed by atoms with Crippen LogP contribution < -0.4 is 5.73 Å². The van der Waals surface area contributed by atoms with Crippen LogP contribution in [0.3, 0.4) is 0 Å². The summed E-state index contributed by atoms with van der Waals surface area (Å²) in [5.74, 6) is 0.401. The second kappa shape index (κ2) is 7.36. The van der Waals surface area contributed by atoms with Gasteiger partial charge in [0.2, 0.25) is 0 Å². The molecule has 0 saturated heterocycles. The monoisotopic (exact) mass is 330 g/mol. The molecule has 0 aliphatic rings. The largest absolute Gasteiger partial charge is 0.329 e. The third kappa shape index (κ3) is 4.55. The van der Waals surface area contributed by atoms with Gasteiger partial charge in [0.05, 0.1) is 4.47 Å². The van der Waals surface area contributed by atoms with Gasteiger partial charge in [-0.15, -0.1) is 0 Å². The molecule has 0 heterocycles. The maximum Gasteiger partial charge on any atom is 0.137 e. The molecule has 0 radical (unpaired) electrons. The summed E-state index contributed by atoms with van der Waals surface area (Å²) < 4.78 is 14.1. The van der Waals surface area contributed by atoms with Crippen molar-refractivity contribution in [1.29, 1.82) is 0 Å². The number of rotatable bonds is 6. The summed E-state index contributed by atoms with van der Waals surface area (Å²) >= 11 is 3.18. The summed E-state index contributed by atoms with van der Waals surface area (Å²) in [6.07, 6.45) is 1.10. The Morgan fingerprint density at radius 2 is 1.95 bits per heavy atom. The van der Waals surface area contributed by atoms with Crippen LogP contribution >= 0.6 is 15.9 Å². The first kappa shape index (κ1) is 16.6. The van der Waals surface area contributed by atoms with E-state index in [1.807, 2.05) is 6.07 Å². The molecule has 2 unspecified atom stereocenters. The predicted octanol–water partition coefficient (Wildman–Crippen LogP) is 3.95. The number of hydrogen-bond donors (Lipinski definition) is 1. The smallest absolute Gasteiger partial charge is 0.137 e. The highest BCUT2D eigenvalue weighted by Crippen LogP contribution is 2.26. The zero-order valence-electron chi connectivity index (χ0n) is 12.2. The van der Waals surface area contributed by atoms with Crippen molar-refractivity contribution in [2.24, 2.45) is 11.7 Å². The van der Waals surface area contributed by atoms with Gasteiger partial charge in [0.1, 0.15) is 5.82 Å². The van der Waals surface area contributed by atoms with Crippen LogP contribution in [0.5, 0.6) is 0 Å². The minimum Gasteiger partial charge on any atom is -0.329 e. The van der Waals surface area contributed by atoms with Crippen LogP contribution in [0.25, 0.3) is 0 Å². The lowest BCUT2D eigenvalue weighted by Crippen LogP contribution is -2.37. The fourth-order valence-corrected chi connectivity index (χ4v) is 2.66. The molecule has 19 heavy (non-hydrogen) atoms. The van der Waals surface area contributed by atoms with Gasteiger partial charge in [-0.1, -0.05) is 19.9 Å². The van der Waals surface area contributed by atoms with Crippen molar-refractivity contribution in [3.05, 3.63) is 34.1 Å². The summed E-state index contributed by atoms with van der Waals surface area (Å²) in [5, 5.41) is 0. The van der Waals surface area contributed by atoms with Crippen molar-refractivity contribution >= 4 is 15.9 Å². The molecule has 1 aromatic carbocycles. The Balaban J connectivity index is 2.89. The van der Waals surface area contributed by atoms with E-state index in [0.717, 1.165) is 12.0 Å². The first-order valence-corrected chi connectivity index (χ1v) is 7.53. The van der Waals surface area contributed by atoms with Crippen LogP contribution in [-0.4, -0.2) is 24.5 Å². The number of benzene rings is 1. The van der Waals surface area contributed by atoms with Crippen molar-refractivity contribution in [2.75, 3.05) is 13.6 Å². The standard InChI is InChI=1S/C15H24BrFN2/c1-10(2)7-11(3)19(4)15(9-18)12-5-6-13(16)14(17)8-12/h5-6,8,10-11,15H,7,9,18H2,1-4H3. The van der Waals surface area contributed by atoms with Gasteiger partial charge in [-0.2, -0.15) is 0 Å². The lowest BCUT2D eigenvalue weighted by Gasteiger charge is -2.33. The maximum absolute atomic E-state index is 13.6. The number of nitrogens with zero attached hydrogens (tertiary/aromatic N) is 1. The van der Waals surface area contributed by atoms with E-state index < -0.39 is 0 Å². The Morgan fingerprint density at radius 1 is 1.32 bits per heavy atom. The Kier molecular flexibility index (Phi) is 6.43. The highest BCUT2D eigenvalue weighted by molar-refractivity contribution is 9.10. The number of hydrogen-bond acceptors (Lipinski definition) is 2. The molecule has 1 rings (SSSR count). The molecule has 0 aliphatic heterocycles. The van der Waals surface area contributed by atoms with Gasteiger partial charge >= 0.3 is 0 Å². The van der Waals surface area contributed by atoms with E-state index in [-0.39, 0.29) is 11.9 Å². The fourth-order valence-electron chi connectivity index (χ4n) is 2.41. The van der Waals surface area contributed by atoms with E-state index in [4.69, 9.17) is 5.73 Å². The zero-order chi connectivity index (χ0) is 14.6. The Morgan fingerprint density at radius 3 is 2.42 bits per heavy atom. The van der Waals surface area contributed by atoms with Crippen LogP contribution in [0, 0.1) is 11.7 Å². The maximum atomic E-state index is 13.6. The van der Waals surface area contributed by atoms with Gasteiger partial charge in [0, 0.05) is 18.6 Å². The van der Waals surface area contributed by atoms with E-state index in [2.05, 4.69) is 48.6 Å². The molecule has 0 bridgehead atoms. The van der Waals surface area contributed by atoms with Gasteiger partial charge in [-0.05, 0) is 59.9 Å². The van der Waals surface area contributed by atoms with Crippen LogP contribution in [0.4, 0.5) is 4.39 Å². The van der Waals surface area contributed by atoms with E-state index in [1.54, 1.807) is 12.1 Å². The highest BCUT2D eigenvalue weighted by Gasteiger charge is 2.21. The molecular weight excluding hydrogens is 307 g/mol. The molecule has 0 saturated carbocycles. The third-order valence-corrected chi connectivity index (χ3v) is 4.19. The Labute approximate surface area is 124 Å². The summed E-state index contributed by atoms with van der Waals surface area (Å²) in [7, 11) is 2.06. The molecule has 108 valence electrons. The lowest BCUT2D eigenvalue weighted by atomic mass is 9.99. The molecular formula is C15H24BrFN2. The van der Waals surface area contributed by atoms with Crippen molar-refractivity contribution in [2.45, 2.75) is 39.3 Å². The molecule has 2 N–H and O–H groups in total. The van der Waals surface area contributed by atoms with Crippen molar-refractivity contribution < 1.29 is 4.39 Å². The first-order chi connectivity index (χ1) is 8.86. The molecule has 4 heteroatoms. The number of likely N-dealkylation sites (N-methyl/N-ethyl adjacent to an activating group) is 1.